The van der Waals surface area contributed by atoms with E-state index >= 15 is 0 Å². The molecule has 80 heavy (non-hydrogen) atoms. The minimum atomic E-state index is 0.603. The molecule has 0 N–H and O–H groups in total. The molecular formula is C66H68N6O8. The molecule has 0 amide bonds. The molecule has 0 aliphatic heterocycles. The first-order chi connectivity index (χ1) is 39.5. The minimum Gasteiger partial charge on any atom is -0.497 e. The molecule has 8 rings (SSSR count). The molecule has 0 unspecified atom stereocenters. The monoisotopic (exact) mass is 1070 g/mol. The van der Waals surface area contributed by atoms with Gasteiger partial charge in [0.2, 0.25) is 0 Å². The van der Waals surface area contributed by atoms with Crippen molar-refractivity contribution in [1.82, 2.24) is 0 Å². The summed E-state index contributed by atoms with van der Waals surface area (Å²) in [6.07, 6.45) is 11.3. The highest BCUT2D eigenvalue weighted by Gasteiger charge is 2.03. The maximum atomic E-state index is 5.99. The van der Waals surface area contributed by atoms with Crippen LogP contribution in [0.15, 0.2) is 225 Å². The summed E-state index contributed by atoms with van der Waals surface area (Å²) >= 11 is 0. The molecule has 0 atom stereocenters. The summed E-state index contributed by atoms with van der Waals surface area (Å²) in [7, 11) is 3.27. The molecule has 14 nitrogen and oxygen atoms in total. The number of azo groups is 2. The number of unbranched alkanes of at least 4 members (excludes halogenated alkanes) is 5. The van der Waals surface area contributed by atoms with Crippen LogP contribution in [0, 0.1) is 0 Å². The smallest absolute Gasteiger partial charge is 0.119 e. The molecule has 0 heterocycles. The number of rotatable bonds is 33. The van der Waals surface area contributed by atoms with Crippen molar-refractivity contribution in [2.75, 3.05) is 53.9 Å². The number of aliphatic imine (C=N–C) groups is 2. The van der Waals surface area contributed by atoms with Crippen LogP contribution in [0.3, 0.4) is 0 Å². The second-order valence-electron chi connectivity index (χ2n) is 18.3. The summed E-state index contributed by atoms with van der Waals surface area (Å²) in [6, 6.07) is 61.7. The quantitative estimate of drug-likeness (QED) is 0.0224. The lowest BCUT2D eigenvalue weighted by Crippen LogP contribution is -2.02. The van der Waals surface area contributed by atoms with Crippen LogP contribution in [-0.2, 0) is 0 Å². The predicted molar refractivity (Wildman–Crippen MR) is 317 cm³/mol. The molecule has 0 saturated heterocycles. The van der Waals surface area contributed by atoms with Crippen molar-refractivity contribution >= 4 is 46.6 Å². The van der Waals surface area contributed by atoms with Crippen molar-refractivity contribution in [3.63, 3.8) is 0 Å². The Morgan fingerprint density at radius 2 is 0.438 bits per heavy atom. The van der Waals surface area contributed by atoms with E-state index in [0.29, 0.717) is 39.6 Å². The zero-order valence-electron chi connectivity index (χ0n) is 45.5. The van der Waals surface area contributed by atoms with Crippen LogP contribution in [0.4, 0.5) is 34.1 Å². The van der Waals surface area contributed by atoms with E-state index in [1.165, 1.54) is 0 Å². The van der Waals surface area contributed by atoms with E-state index in [-0.39, 0.29) is 0 Å². The number of ether oxygens (including phenoxy) is 8. The molecule has 0 aliphatic carbocycles. The third kappa shape index (κ3) is 20.6. The summed E-state index contributed by atoms with van der Waals surface area (Å²) in [6.45, 7) is 3.76. The molecule has 0 aromatic heterocycles. The maximum absolute atomic E-state index is 5.99. The Bertz CT molecular complexity index is 2920. The number of hydrogen-bond donors (Lipinski definition) is 0. The summed E-state index contributed by atoms with van der Waals surface area (Å²) < 4.78 is 46.0. The third-order valence-electron chi connectivity index (χ3n) is 12.3. The average molecular weight is 1070 g/mol. The zero-order valence-corrected chi connectivity index (χ0v) is 45.5. The van der Waals surface area contributed by atoms with Crippen molar-refractivity contribution in [3.05, 3.63) is 205 Å². The van der Waals surface area contributed by atoms with E-state index in [1.807, 2.05) is 207 Å². The van der Waals surface area contributed by atoms with Gasteiger partial charge in [0.1, 0.15) is 46.0 Å². The van der Waals surface area contributed by atoms with Gasteiger partial charge < -0.3 is 37.9 Å². The number of methoxy groups -OCH3 is 2. The fourth-order valence-electron chi connectivity index (χ4n) is 7.71. The second-order valence-corrected chi connectivity index (χ2v) is 18.3. The summed E-state index contributed by atoms with van der Waals surface area (Å²) in [5.74, 6) is 6.49. The van der Waals surface area contributed by atoms with Crippen LogP contribution in [0.25, 0.3) is 0 Å². The molecule has 0 radical (unpaired) electrons. The summed E-state index contributed by atoms with van der Waals surface area (Å²) in [5.41, 5.74) is 6.74. The number of nitrogens with zero attached hydrogens (tertiary/aromatic N) is 6. The van der Waals surface area contributed by atoms with Crippen LogP contribution in [0.1, 0.15) is 62.5 Å². The highest BCUT2D eigenvalue weighted by atomic mass is 16.5. The number of benzene rings is 8. The highest BCUT2D eigenvalue weighted by molar-refractivity contribution is 5.82. The fraction of sp³-hybridized carbons (Fsp3) is 0.242. The summed E-state index contributed by atoms with van der Waals surface area (Å²) in [5, 5.41) is 17.1. The van der Waals surface area contributed by atoms with E-state index in [2.05, 4.69) is 30.4 Å². The molecule has 0 fully saturated rings. The SMILES string of the molecule is COc1ccc(N=Nc2ccc(OCCCCOc3ccc(C=Nc4ccc(OCCCCCCOc5ccc(N=Cc6ccc(OCCCCOc7ccc(N=Nc8ccc(OC)cc8)cc7)cc6)cc5)cc4)cc3)cc2)cc1. The molecule has 8 aromatic rings. The molecule has 8 aromatic carbocycles. The Balaban J connectivity index is 0.604. The predicted octanol–water partition coefficient (Wildman–Crippen LogP) is 17.5. The van der Waals surface area contributed by atoms with Gasteiger partial charge in [0, 0.05) is 12.4 Å². The van der Waals surface area contributed by atoms with Crippen molar-refractivity contribution in [3.8, 4) is 46.0 Å². The van der Waals surface area contributed by atoms with Gasteiger partial charge in [-0.05, 0) is 257 Å². The molecule has 0 bridgehead atoms. The zero-order chi connectivity index (χ0) is 55.1. The normalized spacial score (nSPS) is 11.4. The maximum Gasteiger partial charge on any atom is 0.119 e. The van der Waals surface area contributed by atoms with Crippen molar-refractivity contribution < 1.29 is 37.9 Å². The van der Waals surface area contributed by atoms with Crippen LogP contribution < -0.4 is 37.9 Å². The Labute approximate surface area is 469 Å². The first-order valence-electron chi connectivity index (χ1n) is 27.1. The van der Waals surface area contributed by atoms with Gasteiger partial charge in [0.15, 0.2) is 0 Å². The van der Waals surface area contributed by atoms with Crippen LogP contribution >= 0.6 is 0 Å². The van der Waals surface area contributed by atoms with Gasteiger partial charge in [-0.15, -0.1) is 0 Å². The van der Waals surface area contributed by atoms with Crippen LogP contribution in [0.5, 0.6) is 46.0 Å². The lowest BCUT2D eigenvalue weighted by molar-refractivity contribution is 0.266. The lowest BCUT2D eigenvalue weighted by atomic mass is 10.2. The van der Waals surface area contributed by atoms with Gasteiger partial charge in [-0.2, -0.15) is 20.5 Å². The van der Waals surface area contributed by atoms with Gasteiger partial charge in [0.25, 0.3) is 0 Å². The van der Waals surface area contributed by atoms with Gasteiger partial charge >= 0.3 is 0 Å². The van der Waals surface area contributed by atoms with Crippen LogP contribution in [-0.4, -0.2) is 66.3 Å². The Morgan fingerprint density at radius 1 is 0.237 bits per heavy atom. The number of hydrogen-bond acceptors (Lipinski definition) is 14. The van der Waals surface area contributed by atoms with Crippen molar-refractivity contribution in [2.45, 2.75) is 51.4 Å². The molecule has 14 heteroatoms. The van der Waals surface area contributed by atoms with Crippen LogP contribution in [0.2, 0.25) is 0 Å². The van der Waals surface area contributed by atoms with Crippen molar-refractivity contribution in [1.29, 1.82) is 0 Å². The van der Waals surface area contributed by atoms with E-state index in [1.54, 1.807) is 14.2 Å². The summed E-state index contributed by atoms with van der Waals surface area (Å²) in [4.78, 5) is 9.27. The standard InChI is InChI=1S/C66H68N6O8/c1-73-59-31-19-55(20-32-59)69-71-57-23-39-65(40-24-57)79-47-9-7-45-77-61-27-11-51(12-28-61)49-67-53-15-35-63(36-16-53)75-43-5-3-4-6-44-76-64-37-17-54(18-38-64)68-50-52-13-29-62(30-14-52)78-46-8-10-48-80-66-41-25-58(26-42-66)72-70-56-21-33-60(74-2)34-22-56/h11-42,49-50H,3-10,43-48H2,1-2H3. The van der Waals surface area contributed by atoms with Gasteiger partial charge in [-0.3, -0.25) is 9.98 Å². The van der Waals surface area contributed by atoms with E-state index < -0.39 is 0 Å². The third-order valence-corrected chi connectivity index (χ3v) is 12.3. The largest absolute Gasteiger partial charge is 0.497 e. The molecule has 410 valence electrons. The Morgan fingerprint density at radius 3 is 0.675 bits per heavy atom. The minimum absolute atomic E-state index is 0.603. The lowest BCUT2D eigenvalue weighted by Gasteiger charge is -2.08. The topological polar surface area (TPSA) is 148 Å². The highest BCUT2D eigenvalue weighted by Crippen LogP contribution is 2.26. The molecule has 0 aliphatic rings. The van der Waals surface area contributed by atoms with Gasteiger partial charge in [-0.1, -0.05) is 0 Å². The fourth-order valence-corrected chi connectivity index (χ4v) is 7.71. The average Bonchev–Trinajstić information content (AvgIpc) is 3.51. The molecular weight excluding hydrogens is 1000 g/mol. The van der Waals surface area contributed by atoms with Gasteiger partial charge in [0.05, 0.1) is 88.0 Å². The first-order valence-corrected chi connectivity index (χ1v) is 27.1. The van der Waals surface area contributed by atoms with E-state index in [9.17, 15) is 0 Å². The Kier molecular flexibility index (Phi) is 23.1. The Hall–Kier alpha value is -9.30. The van der Waals surface area contributed by atoms with Gasteiger partial charge in [-0.25, -0.2) is 0 Å². The first kappa shape index (κ1) is 56.9. The second kappa shape index (κ2) is 32.4. The van der Waals surface area contributed by atoms with E-state index in [0.717, 1.165) is 143 Å². The molecule has 0 spiro atoms. The van der Waals surface area contributed by atoms with Crippen molar-refractivity contribution in [2.24, 2.45) is 30.4 Å². The van der Waals surface area contributed by atoms with E-state index in [4.69, 9.17) is 37.9 Å². The molecule has 0 saturated carbocycles.